The topological polar surface area (TPSA) is 338 Å². The van der Waals surface area contributed by atoms with Gasteiger partial charge >= 0.3 is 18.0 Å². The molecule has 0 bridgehead atoms. The average molecular weight is 1230 g/mol. The first-order valence-corrected chi connectivity index (χ1v) is 31.5. The van der Waals surface area contributed by atoms with Gasteiger partial charge in [0.25, 0.3) is 17.7 Å². The number of nitrogens with one attached hydrogen (secondary N) is 6. The standard InChI is InChI=1S/C62H95N11O13S/c1-12-30-72(59(82)53(39(7)13-2)70-56(80)46-21-16-18-31-71(46)11)47(37(3)4)34-48(86-40(8)74)58-68-45(36-87-58)55(79)66-43(35-62(9,10)60(83)84)33-41-23-25-42(26-24-41)65-54(78)44(20-19-29-64-61(63)85)67-57(81)52(38(5)6)69-49(75)22-15-14-17-32-73-50(76)27-28-51(73)77/h23-28,36-39,43-44,46-48,52-53H,12-22,29-35H2,1-11H3,(H,65,78)(H,66,79)(H,67,81)(H,69,75)(H,70,80)(H,83,84)(H3,63,64,85)/t39-,43-,44-,46+,47+,48+,52-,53-/m0/s1. The fourth-order valence-electron chi connectivity index (χ4n) is 10.7. The number of thiazole rings is 1. The average Bonchev–Trinajstić information content (AvgIpc) is 4.04. The third kappa shape index (κ3) is 22.7. The molecule has 4 rings (SSSR count). The first-order valence-electron chi connectivity index (χ1n) is 30.6. The van der Waals surface area contributed by atoms with E-state index in [1.54, 1.807) is 56.9 Å². The maximum atomic E-state index is 14.8. The number of primary amides is 1. The minimum Gasteiger partial charge on any atom is -0.481 e. The number of piperidine rings is 1. The number of likely N-dealkylation sites (N-methyl/N-ethyl adjacent to an activating group) is 1. The molecule has 1 fully saturated rings. The molecule has 1 aromatic carbocycles. The lowest BCUT2D eigenvalue weighted by molar-refractivity contribution is -0.150. The lowest BCUT2D eigenvalue weighted by atomic mass is 9.84. The molecule has 9 N–H and O–H groups in total. The zero-order valence-electron chi connectivity index (χ0n) is 52.7. The van der Waals surface area contributed by atoms with Crippen LogP contribution in [0.15, 0.2) is 41.8 Å². The molecular formula is C62H95N11O13S. The van der Waals surface area contributed by atoms with Gasteiger partial charge in [-0.3, -0.25) is 57.7 Å². The molecular weight excluding hydrogens is 1140 g/mol. The van der Waals surface area contributed by atoms with Crippen LogP contribution in [0.5, 0.6) is 0 Å². The summed E-state index contributed by atoms with van der Waals surface area (Å²) in [6, 6.07) is 1.39. The largest absolute Gasteiger partial charge is 0.481 e. The molecule has 3 heterocycles. The predicted molar refractivity (Wildman–Crippen MR) is 329 cm³/mol. The summed E-state index contributed by atoms with van der Waals surface area (Å²) < 4.78 is 5.92. The number of urea groups is 1. The number of carboxylic acid groups (broad SMARTS) is 1. The molecule has 0 radical (unpaired) electrons. The van der Waals surface area contributed by atoms with Crippen molar-refractivity contribution in [1.29, 1.82) is 0 Å². The summed E-state index contributed by atoms with van der Waals surface area (Å²) in [5.74, 6) is -5.72. The highest BCUT2D eigenvalue weighted by Gasteiger charge is 2.39. The van der Waals surface area contributed by atoms with E-state index < -0.39 is 83.3 Å². The fraction of sp³-hybridized carbons (Fsp3) is 0.645. The lowest BCUT2D eigenvalue weighted by Crippen LogP contribution is -2.58. The van der Waals surface area contributed by atoms with Crippen LogP contribution in [-0.4, -0.2) is 159 Å². The second kappa shape index (κ2) is 34.9. The van der Waals surface area contributed by atoms with Crippen molar-refractivity contribution in [3.8, 4) is 0 Å². The Kier molecular flexibility index (Phi) is 29.0. The Morgan fingerprint density at radius 2 is 1.54 bits per heavy atom. The molecule has 0 unspecified atom stereocenters. The van der Waals surface area contributed by atoms with Gasteiger partial charge in [0.1, 0.15) is 28.8 Å². The number of unbranched alkanes of at least 4 members (excludes halogenated alkanes) is 2. The number of nitrogens with two attached hydrogens (primary N) is 1. The Hall–Kier alpha value is -7.28. The molecule has 24 nitrogen and oxygen atoms in total. The summed E-state index contributed by atoms with van der Waals surface area (Å²) in [5.41, 5.74) is 4.98. The molecule has 0 saturated carbocycles. The fourth-order valence-corrected chi connectivity index (χ4v) is 11.5. The lowest BCUT2D eigenvalue weighted by Gasteiger charge is -2.40. The number of ether oxygens (including phenoxy) is 1. The van der Waals surface area contributed by atoms with Gasteiger partial charge in [-0.25, -0.2) is 9.78 Å². The second-order valence-electron chi connectivity index (χ2n) is 24.3. The van der Waals surface area contributed by atoms with E-state index in [0.717, 1.165) is 35.6 Å². The number of esters is 1. The third-order valence-corrected chi connectivity index (χ3v) is 16.9. The second-order valence-corrected chi connectivity index (χ2v) is 25.2. The molecule has 25 heteroatoms. The molecule has 0 spiro atoms. The van der Waals surface area contributed by atoms with Crippen LogP contribution < -0.4 is 37.6 Å². The van der Waals surface area contributed by atoms with Crippen molar-refractivity contribution in [3.05, 3.63) is 58.1 Å². The van der Waals surface area contributed by atoms with Crippen molar-refractivity contribution in [2.45, 2.75) is 201 Å². The van der Waals surface area contributed by atoms with Crippen LogP contribution in [0.2, 0.25) is 0 Å². The van der Waals surface area contributed by atoms with Crippen molar-refractivity contribution in [3.63, 3.8) is 0 Å². The van der Waals surface area contributed by atoms with Crippen molar-refractivity contribution in [2.75, 3.05) is 38.5 Å². The minimum atomic E-state index is -1.29. The minimum absolute atomic E-state index is 0.000444. The van der Waals surface area contributed by atoms with E-state index in [1.165, 1.54) is 24.5 Å². The number of benzene rings is 1. The molecule has 2 aliphatic rings. The number of imide groups is 1. The van der Waals surface area contributed by atoms with Gasteiger partial charge in [-0.1, -0.05) is 79.9 Å². The van der Waals surface area contributed by atoms with E-state index in [9.17, 15) is 57.8 Å². The monoisotopic (exact) mass is 1230 g/mol. The summed E-state index contributed by atoms with van der Waals surface area (Å²) in [4.78, 5) is 154. The number of amides is 10. The predicted octanol–water partition coefficient (Wildman–Crippen LogP) is 5.76. The van der Waals surface area contributed by atoms with Gasteiger partial charge in [-0.2, -0.15) is 0 Å². The van der Waals surface area contributed by atoms with Crippen LogP contribution >= 0.6 is 11.3 Å². The molecule has 87 heavy (non-hydrogen) atoms. The Labute approximate surface area is 516 Å². The number of aromatic nitrogens is 1. The number of likely N-dealkylation sites (tertiary alicyclic amines) is 1. The number of hydrogen-bond donors (Lipinski definition) is 8. The number of nitrogens with zero attached hydrogens (tertiary/aromatic N) is 4. The number of aliphatic carboxylic acids is 1. The molecule has 482 valence electrons. The van der Waals surface area contributed by atoms with Crippen LogP contribution in [0.4, 0.5) is 10.5 Å². The van der Waals surface area contributed by atoms with Gasteiger partial charge in [-0.05, 0) is 121 Å². The molecule has 1 aromatic heterocycles. The van der Waals surface area contributed by atoms with Gasteiger partial charge in [0.05, 0.1) is 11.5 Å². The highest BCUT2D eigenvalue weighted by atomic mass is 32.1. The van der Waals surface area contributed by atoms with Crippen LogP contribution in [0.25, 0.3) is 0 Å². The number of carbonyl (C=O) groups excluding carboxylic acids is 10. The first-order chi connectivity index (χ1) is 41.1. The van der Waals surface area contributed by atoms with Crippen molar-refractivity contribution in [2.24, 2.45) is 28.9 Å². The van der Waals surface area contributed by atoms with Crippen LogP contribution in [-0.2, 0) is 54.3 Å². The summed E-state index contributed by atoms with van der Waals surface area (Å²) in [6.07, 6.45) is 7.57. The van der Waals surface area contributed by atoms with Crippen molar-refractivity contribution in [1.82, 2.24) is 46.3 Å². The zero-order valence-corrected chi connectivity index (χ0v) is 53.5. The Morgan fingerprint density at radius 3 is 2.13 bits per heavy atom. The molecule has 2 aliphatic heterocycles. The smallest absolute Gasteiger partial charge is 0.312 e. The number of carbonyl (C=O) groups is 11. The van der Waals surface area contributed by atoms with E-state index in [2.05, 4.69) is 36.9 Å². The maximum Gasteiger partial charge on any atom is 0.312 e. The van der Waals surface area contributed by atoms with Crippen LogP contribution in [0.1, 0.15) is 180 Å². The third-order valence-electron chi connectivity index (χ3n) is 16.0. The van der Waals surface area contributed by atoms with E-state index in [4.69, 9.17) is 10.5 Å². The van der Waals surface area contributed by atoms with Crippen LogP contribution in [0, 0.1) is 23.2 Å². The first kappa shape index (κ1) is 72.2. The molecule has 8 atom stereocenters. The zero-order chi connectivity index (χ0) is 64.7. The molecule has 0 aliphatic carbocycles. The Balaban J connectivity index is 1.49. The SMILES string of the molecule is CCCN(C(=O)[C@@H](NC(=O)[C@H]1CCCCN1C)[C@@H](C)CC)[C@H](C[C@@H](OC(C)=O)c1nc(C(=O)N[C@@H](Cc2ccc(NC(=O)[C@H](CCCNC(N)=O)NC(=O)[C@@H](NC(=O)CCCCCN3C(=O)C=CC3=O)C(C)C)cc2)CC(C)(C)C(=O)O)cs1)C(C)C. The van der Waals surface area contributed by atoms with Gasteiger partial charge in [0, 0.05) is 74.7 Å². The molecule has 10 amide bonds. The molecule has 1 saturated heterocycles. The van der Waals surface area contributed by atoms with Crippen molar-refractivity contribution < 1.29 is 62.6 Å². The number of anilines is 1. The van der Waals surface area contributed by atoms with Gasteiger partial charge in [0.2, 0.25) is 29.5 Å². The highest BCUT2D eigenvalue weighted by Crippen LogP contribution is 2.33. The van der Waals surface area contributed by atoms with Crippen molar-refractivity contribution >= 4 is 82.3 Å². The Bertz CT molecular complexity index is 2710. The van der Waals surface area contributed by atoms with Gasteiger partial charge in [-0.15, -0.1) is 11.3 Å². The molecule has 2 aromatic rings. The van der Waals surface area contributed by atoms with E-state index in [0.29, 0.717) is 61.3 Å². The number of rotatable bonds is 36. The van der Waals surface area contributed by atoms with E-state index in [1.807, 2.05) is 46.6 Å². The quantitative estimate of drug-likeness (QED) is 0.0229. The summed E-state index contributed by atoms with van der Waals surface area (Å²) in [7, 11) is 1.93. The van der Waals surface area contributed by atoms with Gasteiger partial charge < -0.3 is 52.4 Å². The summed E-state index contributed by atoms with van der Waals surface area (Å²) in [5, 5.41) is 29.0. The van der Waals surface area contributed by atoms with E-state index >= 15 is 0 Å². The summed E-state index contributed by atoms with van der Waals surface area (Å²) >= 11 is 1.11. The van der Waals surface area contributed by atoms with Crippen LogP contribution in [0.3, 0.4) is 0 Å². The van der Waals surface area contributed by atoms with Gasteiger partial charge in [0.15, 0.2) is 6.10 Å². The highest BCUT2D eigenvalue weighted by molar-refractivity contribution is 7.09. The number of carboxylic acids is 1. The normalized spacial score (nSPS) is 16.9. The Morgan fingerprint density at radius 1 is 0.862 bits per heavy atom. The summed E-state index contributed by atoms with van der Waals surface area (Å²) in [6.45, 7) is 19.2. The maximum absolute atomic E-state index is 14.8. The number of hydrogen-bond acceptors (Lipinski definition) is 15. The van der Waals surface area contributed by atoms with E-state index in [-0.39, 0.29) is 105 Å².